The number of benzene rings is 1. The first-order chi connectivity index (χ1) is 13.2. The summed E-state index contributed by atoms with van der Waals surface area (Å²) in [4.78, 5) is 24.5. The van der Waals surface area contributed by atoms with Crippen LogP contribution in [0, 0.1) is 13.8 Å². The second-order valence-corrected chi connectivity index (χ2v) is 7.59. The van der Waals surface area contributed by atoms with Crippen LogP contribution in [0.5, 0.6) is 11.5 Å². The first-order valence-corrected chi connectivity index (χ1v) is 9.44. The van der Waals surface area contributed by atoms with E-state index in [1.165, 1.54) is 12.1 Å². The average molecular weight is 447 g/mol. The number of aromatic hydroxyl groups is 2. The van der Waals surface area contributed by atoms with E-state index in [1.54, 1.807) is 13.8 Å². The van der Waals surface area contributed by atoms with Crippen LogP contribution >= 0.6 is 15.9 Å². The lowest BCUT2D eigenvalue weighted by atomic mass is 9.87. The molecule has 0 aliphatic heterocycles. The fourth-order valence-corrected chi connectivity index (χ4v) is 3.60. The zero-order valence-corrected chi connectivity index (χ0v) is 16.9. The van der Waals surface area contributed by atoms with E-state index < -0.39 is 11.3 Å². The minimum absolute atomic E-state index is 0.117. The highest BCUT2D eigenvalue weighted by molar-refractivity contribution is 9.10. The van der Waals surface area contributed by atoms with Crippen molar-refractivity contribution >= 4 is 15.9 Å². The van der Waals surface area contributed by atoms with Crippen LogP contribution in [0.25, 0.3) is 0 Å². The van der Waals surface area contributed by atoms with E-state index in [2.05, 4.69) is 15.9 Å². The third-order valence-corrected chi connectivity index (χ3v) is 5.01. The van der Waals surface area contributed by atoms with Crippen LogP contribution in [0.1, 0.15) is 34.1 Å². The number of rotatable bonds is 5. The van der Waals surface area contributed by atoms with Crippen molar-refractivity contribution in [1.82, 2.24) is 0 Å². The lowest BCUT2D eigenvalue weighted by Crippen LogP contribution is -2.18. The fourth-order valence-electron chi connectivity index (χ4n) is 3.18. The molecule has 2 N–H and O–H groups in total. The SMILES string of the molecule is Cc1cc(O)c(CC(Cc2c(O)cc(C)oc2=O)c2cccc(Br)c2)c(=O)o1. The summed E-state index contributed by atoms with van der Waals surface area (Å²) < 4.78 is 11.0. The molecule has 0 atom stereocenters. The molecule has 0 bridgehead atoms. The van der Waals surface area contributed by atoms with Crippen molar-refractivity contribution in [2.75, 3.05) is 0 Å². The molecule has 0 saturated heterocycles. The second kappa shape index (κ2) is 8.06. The molecule has 7 heteroatoms. The monoisotopic (exact) mass is 446 g/mol. The van der Waals surface area contributed by atoms with Gasteiger partial charge in [-0.3, -0.25) is 0 Å². The van der Waals surface area contributed by atoms with Crippen molar-refractivity contribution in [2.45, 2.75) is 32.6 Å². The summed E-state index contributed by atoms with van der Waals surface area (Å²) in [6, 6.07) is 10.2. The summed E-state index contributed by atoms with van der Waals surface area (Å²) >= 11 is 3.42. The molecule has 3 aromatic rings. The zero-order valence-electron chi connectivity index (χ0n) is 15.4. The van der Waals surface area contributed by atoms with Gasteiger partial charge in [-0.15, -0.1) is 0 Å². The predicted molar refractivity (Wildman–Crippen MR) is 107 cm³/mol. The quantitative estimate of drug-likeness (QED) is 0.614. The summed E-state index contributed by atoms with van der Waals surface area (Å²) in [5.41, 5.74) is -0.193. The van der Waals surface area contributed by atoms with Gasteiger partial charge in [0.15, 0.2) is 0 Å². The second-order valence-electron chi connectivity index (χ2n) is 6.68. The molecule has 2 aromatic heterocycles. The van der Waals surface area contributed by atoms with E-state index in [-0.39, 0.29) is 41.4 Å². The highest BCUT2D eigenvalue weighted by atomic mass is 79.9. The Morgan fingerprint density at radius 1 is 0.893 bits per heavy atom. The Bertz CT molecular complexity index is 1060. The average Bonchev–Trinajstić information content (AvgIpc) is 2.59. The summed E-state index contributed by atoms with van der Waals surface area (Å²) in [7, 11) is 0. The standard InChI is InChI=1S/C21H19BrO6/c1-11-6-18(23)16(20(25)27-11)9-14(13-4-3-5-15(22)8-13)10-17-19(24)7-12(2)28-21(17)26/h3-8,14,23-24H,9-10H2,1-2H3. The highest BCUT2D eigenvalue weighted by Crippen LogP contribution is 2.31. The summed E-state index contributed by atoms with van der Waals surface area (Å²) in [5, 5.41) is 20.5. The molecule has 1 aromatic carbocycles. The molecule has 0 amide bonds. The Morgan fingerprint density at radius 3 is 1.82 bits per heavy atom. The lowest BCUT2D eigenvalue weighted by molar-refractivity contribution is 0.410. The third kappa shape index (κ3) is 4.36. The van der Waals surface area contributed by atoms with E-state index in [1.807, 2.05) is 24.3 Å². The van der Waals surface area contributed by atoms with Gasteiger partial charge in [-0.05, 0) is 50.3 Å². The molecule has 0 saturated carbocycles. The van der Waals surface area contributed by atoms with E-state index in [4.69, 9.17) is 8.83 Å². The molecular weight excluding hydrogens is 428 g/mol. The van der Waals surface area contributed by atoms with Crippen LogP contribution in [-0.2, 0) is 12.8 Å². The van der Waals surface area contributed by atoms with E-state index in [0.717, 1.165) is 10.0 Å². The highest BCUT2D eigenvalue weighted by Gasteiger charge is 2.22. The first kappa shape index (κ1) is 19.9. The van der Waals surface area contributed by atoms with E-state index in [9.17, 15) is 19.8 Å². The molecule has 28 heavy (non-hydrogen) atoms. The maximum absolute atomic E-state index is 12.3. The van der Waals surface area contributed by atoms with Crippen molar-refractivity contribution in [2.24, 2.45) is 0 Å². The van der Waals surface area contributed by atoms with Crippen LogP contribution < -0.4 is 11.3 Å². The largest absolute Gasteiger partial charge is 0.507 e. The molecule has 0 aliphatic rings. The van der Waals surface area contributed by atoms with Crippen molar-refractivity contribution in [1.29, 1.82) is 0 Å². The van der Waals surface area contributed by atoms with E-state index >= 15 is 0 Å². The smallest absolute Gasteiger partial charge is 0.342 e. The Kier molecular flexibility index (Phi) is 5.74. The van der Waals surface area contributed by atoms with Gasteiger partial charge >= 0.3 is 11.3 Å². The summed E-state index contributed by atoms with van der Waals surface area (Å²) in [5.74, 6) is -0.0857. The minimum atomic E-state index is -0.627. The van der Waals surface area contributed by atoms with Gasteiger partial charge < -0.3 is 19.0 Å². The van der Waals surface area contributed by atoms with Crippen LogP contribution in [0.3, 0.4) is 0 Å². The first-order valence-electron chi connectivity index (χ1n) is 8.65. The maximum Gasteiger partial charge on any atom is 0.342 e. The topological polar surface area (TPSA) is 101 Å². The van der Waals surface area contributed by atoms with Gasteiger partial charge in [0.05, 0.1) is 11.1 Å². The Morgan fingerprint density at radius 2 is 1.39 bits per heavy atom. The Balaban J connectivity index is 2.07. The number of halogens is 1. The molecular formula is C21H19BrO6. The molecule has 0 fully saturated rings. The molecule has 0 unspecified atom stereocenters. The molecule has 0 radical (unpaired) electrons. The predicted octanol–water partition coefficient (Wildman–Crippen LogP) is 3.95. The zero-order chi connectivity index (χ0) is 20.4. The number of hydrogen-bond acceptors (Lipinski definition) is 6. The van der Waals surface area contributed by atoms with Crippen molar-refractivity contribution in [3.63, 3.8) is 0 Å². The lowest BCUT2D eigenvalue weighted by Gasteiger charge is -2.18. The van der Waals surface area contributed by atoms with Crippen molar-refractivity contribution in [3.8, 4) is 11.5 Å². The van der Waals surface area contributed by atoms with E-state index in [0.29, 0.717) is 11.5 Å². The van der Waals surface area contributed by atoms with Gasteiger partial charge in [-0.1, -0.05) is 28.1 Å². The van der Waals surface area contributed by atoms with Crippen LogP contribution in [0.2, 0.25) is 0 Å². The normalized spacial score (nSPS) is 11.1. The molecule has 3 rings (SSSR count). The van der Waals surface area contributed by atoms with Crippen LogP contribution in [-0.4, -0.2) is 10.2 Å². The third-order valence-electron chi connectivity index (χ3n) is 4.52. The maximum atomic E-state index is 12.3. The van der Waals surface area contributed by atoms with Gasteiger partial charge in [0.25, 0.3) is 0 Å². The molecule has 0 spiro atoms. The number of hydrogen-bond donors (Lipinski definition) is 2. The van der Waals surface area contributed by atoms with Gasteiger partial charge in [-0.25, -0.2) is 9.59 Å². The fraction of sp³-hybridized carbons (Fsp3) is 0.238. The van der Waals surface area contributed by atoms with Crippen molar-refractivity contribution in [3.05, 3.63) is 89.9 Å². The van der Waals surface area contributed by atoms with Gasteiger partial charge in [0, 0.05) is 16.6 Å². The number of aryl methyl sites for hydroxylation is 2. The summed E-state index contributed by atoms with van der Waals surface area (Å²) in [6.07, 6.45) is 0.245. The van der Waals surface area contributed by atoms with Gasteiger partial charge in [0.2, 0.25) is 0 Å². The summed E-state index contributed by atoms with van der Waals surface area (Å²) in [6.45, 7) is 3.15. The Hall–Kier alpha value is -2.80. The van der Waals surface area contributed by atoms with Crippen LogP contribution in [0.15, 0.2) is 59.3 Å². The minimum Gasteiger partial charge on any atom is -0.507 e. The van der Waals surface area contributed by atoms with Gasteiger partial charge in [0.1, 0.15) is 23.0 Å². The molecule has 146 valence electrons. The Labute approximate surface area is 169 Å². The van der Waals surface area contributed by atoms with Crippen LogP contribution in [0.4, 0.5) is 0 Å². The van der Waals surface area contributed by atoms with Crippen molar-refractivity contribution < 1.29 is 19.0 Å². The van der Waals surface area contributed by atoms with Gasteiger partial charge in [-0.2, -0.15) is 0 Å². The molecule has 6 nitrogen and oxygen atoms in total. The molecule has 2 heterocycles. The molecule has 0 aliphatic carbocycles.